The molecule has 2 amide bonds. The highest BCUT2D eigenvalue weighted by atomic mass is 16.7. The van der Waals surface area contributed by atoms with E-state index >= 15 is 0 Å². The summed E-state index contributed by atoms with van der Waals surface area (Å²) in [6, 6.07) is -2.59. The van der Waals surface area contributed by atoms with Gasteiger partial charge in [-0.05, 0) is 0 Å². The highest BCUT2D eigenvalue weighted by Gasteiger charge is 2.51. The summed E-state index contributed by atoms with van der Waals surface area (Å²) >= 11 is 0. The molecule has 0 aliphatic carbocycles. The van der Waals surface area contributed by atoms with Crippen LogP contribution in [-0.4, -0.2) is 117 Å². The molecule has 0 aromatic heterocycles. The number of nitrogens with one attached hydrogen (secondary N) is 2. The van der Waals surface area contributed by atoms with Crippen LogP contribution >= 0.6 is 0 Å². The van der Waals surface area contributed by atoms with Gasteiger partial charge in [0, 0.05) is 13.8 Å². The Hall–Kier alpha value is -1.42. The van der Waals surface area contributed by atoms with Gasteiger partial charge in [-0.15, -0.1) is 0 Å². The smallest absolute Gasteiger partial charge is 0.217 e. The van der Waals surface area contributed by atoms with Crippen LogP contribution < -0.4 is 10.6 Å². The van der Waals surface area contributed by atoms with E-state index in [-0.39, 0.29) is 0 Å². The molecule has 2 fully saturated rings. The Morgan fingerprint density at radius 2 is 1.38 bits per heavy atom. The minimum atomic E-state index is -1.64. The standard InChI is InChI=1S/C16H28N2O11/c1-5(21)17-9-13(25)14(8(4-20)27-15(9)26)29-16-10(18-6(2)22)12(24)11(23)7(3-19)28-16/h7-16,19-20,23-26H,3-4H2,1-2H3,(H,17,21)(H,18,22)/t7-,8-,9+,10+,11+,12-,13-,14-,15+,16+/m1/s1. The Morgan fingerprint density at radius 1 is 0.828 bits per heavy atom. The lowest BCUT2D eigenvalue weighted by Crippen LogP contribution is -2.69. The lowest BCUT2D eigenvalue weighted by molar-refractivity contribution is -0.327. The van der Waals surface area contributed by atoms with Crippen LogP contribution in [0.5, 0.6) is 0 Å². The number of hydrogen-bond donors (Lipinski definition) is 8. The van der Waals surface area contributed by atoms with E-state index in [1.165, 1.54) is 0 Å². The summed E-state index contributed by atoms with van der Waals surface area (Å²) in [5.74, 6) is -1.14. The Morgan fingerprint density at radius 3 is 1.90 bits per heavy atom. The maximum absolute atomic E-state index is 11.5. The van der Waals surface area contributed by atoms with Gasteiger partial charge in [0.25, 0.3) is 0 Å². The average molecular weight is 424 g/mol. The summed E-state index contributed by atoms with van der Waals surface area (Å²) in [6.07, 6.45) is -11.7. The second-order valence-corrected chi connectivity index (χ2v) is 7.00. The van der Waals surface area contributed by atoms with Gasteiger partial charge in [-0.1, -0.05) is 0 Å². The van der Waals surface area contributed by atoms with Gasteiger partial charge in [-0.2, -0.15) is 0 Å². The van der Waals surface area contributed by atoms with Gasteiger partial charge < -0.3 is 55.5 Å². The van der Waals surface area contributed by atoms with Crippen molar-refractivity contribution in [1.82, 2.24) is 10.6 Å². The maximum atomic E-state index is 11.5. The van der Waals surface area contributed by atoms with Gasteiger partial charge in [0.05, 0.1) is 13.2 Å². The van der Waals surface area contributed by atoms with Crippen LogP contribution in [0, 0.1) is 0 Å². The number of ether oxygens (including phenoxy) is 3. The van der Waals surface area contributed by atoms with E-state index in [2.05, 4.69) is 10.6 Å². The van der Waals surface area contributed by atoms with Gasteiger partial charge in [0.1, 0.15) is 48.7 Å². The highest BCUT2D eigenvalue weighted by Crippen LogP contribution is 2.28. The first kappa shape index (κ1) is 23.9. The number of amides is 2. The van der Waals surface area contributed by atoms with Crippen molar-refractivity contribution in [1.29, 1.82) is 0 Å². The molecule has 2 saturated heterocycles. The summed E-state index contributed by atoms with van der Waals surface area (Å²) in [4.78, 5) is 22.8. The molecule has 10 atom stereocenters. The predicted molar refractivity (Wildman–Crippen MR) is 91.8 cm³/mol. The molecule has 168 valence electrons. The Labute approximate surface area is 166 Å². The fraction of sp³-hybridized carbons (Fsp3) is 0.875. The van der Waals surface area contributed by atoms with Crippen LogP contribution in [-0.2, 0) is 23.8 Å². The van der Waals surface area contributed by atoms with Crippen molar-refractivity contribution >= 4 is 11.8 Å². The second-order valence-electron chi connectivity index (χ2n) is 7.00. The van der Waals surface area contributed by atoms with Crippen LogP contribution in [0.3, 0.4) is 0 Å². The molecule has 0 aromatic carbocycles. The predicted octanol–water partition coefficient (Wildman–Crippen LogP) is -5.11. The fourth-order valence-electron chi connectivity index (χ4n) is 3.38. The Bertz CT molecular complexity index is 579. The molecule has 0 aromatic rings. The average Bonchev–Trinajstić information content (AvgIpc) is 2.65. The van der Waals surface area contributed by atoms with Gasteiger partial charge in [-0.3, -0.25) is 9.59 Å². The minimum absolute atomic E-state index is 0.568. The van der Waals surface area contributed by atoms with E-state index in [0.717, 1.165) is 13.8 Å². The third-order valence-corrected chi connectivity index (χ3v) is 4.78. The first-order chi connectivity index (χ1) is 13.6. The summed E-state index contributed by atoms with van der Waals surface area (Å²) < 4.78 is 16.3. The van der Waals surface area contributed by atoms with Crippen LogP contribution in [0.1, 0.15) is 13.8 Å². The van der Waals surface area contributed by atoms with Crippen molar-refractivity contribution in [3.05, 3.63) is 0 Å². The summed E-state index contributed by atoms with van der Waals surface area (Å²) in [7, 11) is 0. The number of hydrogen-bond acceptors (Lipinski definition) is 11. The molecule has 2 aliphatic rings. The zero-order valence-electron chi connectivity index (χ0n) is 15.9. The normalized spacial score (nSPS) is 42.9. The van der Waals surface area contributed by atoms with Crippen molar-refractivity contribution in [2.75, 3.05) is 13.2 Å². The molecule has 29 heavy (non-hydrogen) atoms. The van der Waals surface area contributed by atoms with E-state index < -0.39 is 86.3 Å². The molecule has 8 N–H and O–H groups in total. The SMILES string of the molecule is CC(=O)N[C@@H]1[C@H](O[C@H]2[C@H](O)[C@H](NC(C)=O)[C@@H](O)O[C@@H]2CO)O[C@H](CO)[C@H](O)[C@@H]1O. The molecule has 0 saturated carbocycles. The summed E-state index contributed by atoms with van der Waals surface area (Å²) in [5.41, 5.74) is 0. The van der Waals surface area contributed by atoms with Crippen LogP contribution in [0.4, 0.5) is 0 Å². The quantitative estimate of drug-likeness (QED) is 0.202. The molecule has 0 spiro atoms. The number of rotatable bonds is 6. The lowest BCUT2D eigenvalue weighted by atomic mass is 9.94. The molecule has 0 radical (unpaired) electrons. The molecule has 2 heterocycles. The van der Waals surface area contributed by atoms with Gasteiger partial charge in [0.2, 0.25) is 11.8 Å². The molecule has 13 heteroatoms. The van der Waals surface area contributed by atoms with Gasteiger partial charge in [0.15, 0.2) is 12.6 Å². The minimum Gasteiger partial charge on any atom is -0.394 e. The van der Waals surface area contributed by atoms with E-state index in [9.17, 15) is 40.2 Å². The largest absolute Gasteiger partial charge is 0.394 e. The van der Waals surface area contributed by atoms with E-state index in [1.807, 2.05) is 0 Å². The third-order valence-electron chi connectivity index (χ3n) is 4.78. The molecule has 2 aliphatic heterocycles. The summed E-state index contributed by atoms with van der Waals surface area (Å²) in [6.45, 7) is 0.962. The fourth-order valence-corrected chi connectivity index (χ4v) is 3.38. The molecule has 0 unspecified atom stereocenters. The van der Waals surface area contributed by atoms with Crippen LogP contribution in [0.25, 0.3) is 0 Å². The molecular weight excluding hydrogens is 396 g/mol. The second kappa shape index (κ2) is 10.1. The third kappa shape index (κ3) is 5.39. The molecule has 2 rings (SSSR count). The van der Waals surface area contributed by atoms with E-state index in [4.69, 9.17) is 14.2 Å². The topological polar surface area (TPSA) is 207 Å². The molecular formula is C16H28N2O11. The van der Waals surface area contributed by atoms with Crippen LogP contribution in [0.2, 0.25) is 0 Å². The van der Waals surface area contributed by atoms with Crippen LogP contribution in [0.15, 0.2) is 0 Å². The van der Waals surface area contributed by atoms with Crippen molar-refractivity contribution in [2.45, 2.75) is 75.1 Å². The lowest BCUT2D eigenvalue weighted by Gasteiger charge is -2.47. The van der Waals surface area contributed by atoms with Crippen molar-refractivity contribution in [3.8, 4) is 0 Å². The monoisotopic (exact) mass is 424 g/mol. The Balaban J connectivity index is 2.26. The van der Waals surface area contributed by atoms with Gasteiger partial charge in [-0.25, -0.2) is 0 Å². The summed E-state index contributed by atoms with van der Waals surface area (Å²) in [5, 5.41) is 64.5. The first-order valence-corrected chi connectivity index (χ1v) is 9.05. The molecule has 13 nitrogen and oxygen atoms in total. The zero-order valence-corrected chi connectivity index (χ0v) is 15.9. The highest BCUT2D eigenvalue weighted by molar-refractivity contribution is 5.73. The zero-order chi connectivity index (χ0) is 21.9. The van der Waals surface area contributed by atoms with Crippen molar-refractivity contribution in [3.63, 3.8) is 0 Å². The number of aliphatic hydroxyl groups is 6. The van der Waals surface area contributed by atoms with E-state index in [0.29, 0.717) is 0 Å². The van der Waals surface area contributed by atoms with Gasteiger partial charge >= 0.3 is 0 Å². The number of carbonyl (C=O) groups excluding carboxylic acids is 2. The number of carbonyl (C=O) groups is 2. The number of aliphatic hydroxyl groups excluding tert-OH is 6. The van der Waals surface area contributed by atoms with Crippen molar-refractivity contribution < 1.29 is 54.4 Å². The van der Waals surface area contributed by atoms with Crippen molar-refractivity contribution in [2.24, 2.45) is 0 Å². The Kier molecular flexibility index (Phi) is 8.28. The molecule has 0 bridgehead atoms. The first-order valence-electron chi connectivity index (χ1n) is 9.05. The maximum Gasteiger partial charge on any atom is 0.217 e. The van der Waals surface area contributed by atoms with E-state index in [1.54, 1.807) is 0 Å².